The Hall–Kier alpha value is -2.36. The first-order valence-corrected chi connectivity index (χ1v) is 8.04. The van der Waals surface area contributed by atoms with Crippen molar-refractivity contribution in [2.24, 2.45) is 0 Å². The molecule has 0 amide bonds. The maximum atomic E-state index is 11.4. The van der Waals surface area contributed by atoms with Crippen LogP contribution in [0.15, 0.2) is 47.4 Å². The molecule has 0 heterocycles. The minimum absolute atomic E-state index is 0.0958. The maximum Gasteiger partial charge on any atom is 0.294 e. The summed E-state index contributed by atoms with van der Waals surface area (Å²) in [6.07, 6.45) is 0.344. The van der Waals surface area contributed by atoms with Crippen molar-refractivity contribution in [1.82, 2.24) is 0 Å². The van der Waals surface area contributed by atoms with Crippen molar-refractivity contribution in [1.29, 1.82) is 5.26 Å². The molecule has 5 nitrogen and oxygen atoms in total. The van der Waals surface area contributed by atoms with Crippen molar-refractivity contribution in [3.63, 3.8) is 0 Å². The van der Waals surface area contributed by atoms with Gasteiger partial charge < -0.3 is 4.74 Å². The van der Waals surface area contributed by atoms with Crippen molar-refractivity contribution in [3.05, 3.63) is 59.2 Å². The third-order valence-electron chi connectivity index (χ3n) is 3.12. The number of aryl methyl sites for hydroxylation is 1. The van der Waals surface area contributed by atoms with Gasteiger partial charge >= 0.3 is 0 Å². The summed E-state index contributed by atoms with van der Waals surface area (Å²) < 4.78 is 37.5. The van der Waals surface area contributed by atoms with E-state index in [1.807, 2.05) is 13.0 Å². The number of rotatable bonds is 5. The minimum atomic E-state index is -4.25. The van der Waals surface area contributed by atoms with E-state index < -0.39 is 10.1 Å². The summed E-state index contributed by atoms with van der Waals surface area (Å²) >= 11 is 0. The van der Waals surface area contributed by atoms with Crippen LogP contribution in [0.2, 0.25) is 0 Å². The first-order valence-electron chi connectivity index (χ1n) is 6.60. The zero-order valence-corrected chi connectivity index (χ0v) is 12.8. The number of ether oxygens (including phenoxy) is 1. The van der Waals surface area contributed by atoms with E-state index >= 15 is 0 Å². The topological polar surface area (TPSA) is 87.4 Å². The molecule has 22 heavy (non-hydrogen) atoms. The van der Waals surface area contributed by atoms with Crippen LogP contribution in [0.25, 0.3) is 0 Å². The average molecular weight is 317 g/mol. The van der Waals surface area contributed by atoms with E-state index in [1.54, 1.807) is 36.4 Å². The molecule has 0 unspecified atom stereocenters. The molecular formula is C16H15NO4S. The Balaban J connectivity index is 2.08. The number of nitriles is 1. The molecule has 0 aliphatic carbocycles. The van der Waals surface area contributed by atoms with Gasteiger partial charge in [0.1, 0.15) is 5.75 Å². The van der Waals surface area contributed by atoms with E-state index in [9.17, 15) is 13.0 Å². The summed E-state index contributed by atoms with van der Waals surface area (Å²) in [4.78, 5) is -0.0958. The van der Waals surface area contributed by atoms with Gasteiger partial charge in [-0.15, -0.1) is 0 Å². The lowest BCUT2D eigenvalue weighted by Gasteiger charge is -2.10. The summed E-state index contributed by atoms with van der Waals surface area (Å²) in [5, 5.41) is 8.71. The van der Waals surface area contributed by atoms with Gasteiger partial charge in [-0.05, 0) is 42.8 Å². The predicted octanol–water partition coefficient (Wildman–Crippen LogP) is 2.73. The van der Waals surface area contributed by atoms with E-state index in [0.29, 0.717) is 23.3 Å². The van der Waals surface area contributed by atoms with E-state index in [2.05, 4.69) is 0 Å². The van der Waals surface area contributed by atoms with Gasteiger partial charge in [-0.3, -0.25) is 4.55 Å². The Kier molecular flexibility index (Phi) is 4.81. The molecule has 1 N–H and O–H groups in total. The lowest BCUT2D eigenvalue weighted by Crippen LogP contribution is -2.08. The number of hydrogen-bond donors (Lipinski definition) is 1. The average Bonchev–Trinajstić information content (AvgIpc) is 2.47. The van der Waals surface area contributed by atoms with Gasteiger partial charge in [0.2, 0.25) is 0 Å². The molecule has 114 valence electrons. The lowest BCUT2D eigenvalue weighted by molar-refractivity contribution is 0.321. The summed E-state index contributed by atoms with van der Waals surface area (Å²) in [6, 6.07) is 13.4. The van der Waals surface area contributed by atoms with Gasteiger partial charge in [-0.1, -0.05) is 17.7 Å². The highest BCUT2D eigenvalue weighted by atomic mass is 32.2. The zero-order valence-electron chi connectivity index (χ0n) is 12.0. The van der Waals surface area contributed by atoms with Crippen molar-refractivity contribution in [2.75, 3.05) is 6.61 Å². The first-order chi connectivity index (χ1) is 10.4. The van der Waals surface area contributed by atoms with Crippen LogP contribution >= 0.6 is 0 Å². The Bertz CT molecular complexity index is 805. The van der Waals surface area contributed by atoms with Crippen LogP contribution in [0, 0.1) is 18.3 Å². The van der Waals surface area contributed by atoms with Crippen molar-refractivity contribution >= 4 is 10.1 Å². The monoisotopic (exact) mass is 317 g/mol. The molecule has 0 radical (unpaired) electrons. The Morgan fingerprint density at radius 2 is 1.86 bits per heavy atom. The highest BCUT2D eigenvalue weighted by molar-refractivity contribution is 7.85. The number of nitrogens with zero attached hydrogens (tertiary/aromatic N) is 1. The molecule has 0 aliphatic heterocycles. The standard InChI is InChI=1S/C16H15NO4S/c1-12-2-7-16(22(18,19)20)14(10-12)8-9-21-15-5-3-13(11-17)4-6-15/h2-7,10H,8-9H2,1H3,(H,18,19,20). The van der Waals surface area contributed by atoms with Gasteiger partial charge in [0.15, 0.2) is 0 Å². The fraction of sp³-hybridized carbons (Fsp3) is 0.188. The molecule has 0 atom stereocenters. The highest BCUT2D eigenvalue weighted by Crippen LogP contribution is 2.19. The third-order valence-corrected chi connectivity index (χ3v) is 4.07. The van der Waals surface area contributed by atoms with Crippen molar-refractivity contribution < 1.29 is 17.7 Å². The number of hydrogen-bond acceptors (Lipinski definition) is 4. The van der Waals surface area contributed by atoms with Crippen LogP contribution in [0.5, 0.6) is 5.75 Å². The third kappa shape index (κ3) is 4.07. The Morgan fingerprint density at radius 1 is 1.18 bits per heavy atom. The smallest absolute Gasteiger partial charge is 0.294 e. The fourth-order valence-corrected chi connectivity index (χ4v) is 2.79. The second-order valence-corrected chi connectivity index (χ2v) is 6.21. The quantitative estimate of drug-likeness (QED) is 0.857. The predicted molar refractivity (Wildman–Crippen MR) is 81.3 cm³/mol. The summed E-state index contributed by atoms with van der Waals surface area (Å²) in [6.45, 7) is 2.11. The molecule has 0 aliphatic rings. The van der Waals surface area contributed by atoms with Crippen LogP contribution in [-0.4, -0.2) is 19.6 Å². The van der Waals surface area contributed by atoms with Crippen LogP contribution < -0.4 is 4.74 Å². The van der Waals surface area contributed by atoms with Crippen LogP contribution in [0.4, 0.5) is 0 Å². The summed E-state index contributed by atoms with van der Waals surface area (Å²) in [5.74, 6) is 0.597. The molecule has 2 aromatic rings. The van der Waals surface area contributed by atoms with E-state index in [1.165, 1.54) is 6.07 Å². The van der Waals surface area contributed by atoms with E-state index in [0.717, 1.165) is 5.56 Å². The molecule has 0 saturated carbocycles. The second kappa shape index (κ2) is 6.60. The molecule has 0 aromatic heterocycles. The van der Waals surface area contributed by atoms with Crippen LogP contribution in [-0.2, 0) is 16.5 Å². The zero-order chi connectivity index (χ0) is 16.2. The summed E-state index contributed by atoms with van der Waals surface area (Å²) in [7, 11) is -4.25. The van der Waals surface area contributed by atoms with Gasteiger partial charge in [-0.25, -0.2) is 0 Å². The van der Waals surface area contributed by atoms with E-state index in [4.69, 9.17) is 10.00 Å². The van der Waals surface area contributed by atoms with E-state index in [-0.39, 0.29) is 11.5 Å². The van der Waals surface area contributed by atoms with Crippen LogP contribution in [0.3, 0.4) is 0 Å². The summed E-state index contributed by atoms with van der Waals surface area (Å²) in [5.41, 5.74) is 1.96. The molecule has 0 spiro atoms. The first kappa shape index (κ1) is 16.0. The van der Waals surface area contributed by atoms with Crippen molar-refractivity contribution in [2.45, 2.75) is 18.2 Å². The van der Waals surface area contributed by atoms with Crippen molar-refractivity contribution in [3.8, 4) is 11.8 Å². The van der Waals surface area contributed by atoms with Crippen LogP contribution in [0.1, 0.15) is 16.7 Å². The normalized spacial score (nSPS) is 11.0. The number of benzene rings is 2. The van der Waals surface area contributed by atoms with Gasteiger partial charge in [0.05, 0.1) is 23.1 Å². The largest absolute Gasteiger partial charge is 0.493 e. The maximum absolute atomic E-state index is 11.4. The Labute approximate surface area is 129 Å². The molecule has 2 rings (SSSR count). The highest BCUT2D eigenvalue weighted by Gasteiger charge is 2.15. The Morgan fingerprint density at radius 3 is 2.45 bits per heavy atom. The molecule has 0 saturated heterocycles. The molecule has 0 bridgehead atoms. The van der Waals surface area contributed by atoms with Gasteiger partial charge in [0.25, 0.3) is 10.1 Å². The second-order valence-electron chi connectivity index (χ2n) is 4.82. The SMILES string of the molecule is Cc1ccc(S(=O)(=O)O)c(CCOc2ccc(C#N)cc2)c1. The van der Waals surface area contributed by atoms with Gasteiger partial charge in [-0.2, -0.15) is 13.7 Å². The van der Waals surface area contributed by atoms with Gasteiger partial charge in [0, 0.05) is 6.42 Å². The minimum Gasteiger partial charge on any atom is -0.493 e. The fourth-order valence-electron chi connectivity index (χ4n) is 2.06. The molecule has 0 fully saturated rings. The molecule has 2 aromatic carbocycles. The lowest BCUT2D eigenvalue weighted by atomic mass is 10.1. The molecular weight excluding hydrogens is 302 g/mol. The molecule has 6 heteroatoms.